The summed E-state index contributed by atoms with van der Waals surface area (Å²) in [5, 5.41) is 2.81. The number of carbonyl (C=O) groups excluding carboxylic acids is 2. The third kappa shape index (κ3) is 2.58. The minimum absolute atomic E-state index is 0.0115. The van der Waals surface area contributed by atoms with Crippen molar-refractivity contribution in [3.05, 3.63) is 0 Å². The van der Waals surface area contributed by atoms with Crippen molar-refractivity contribution in [1.82, 2.24) is 10.2 Å². The van der Waals surface area contributed by atoms with E-state index in [4.69, 9.17) is 0 Å². The van der Waals surface area contributed by atoms with Crippen molar-refractivity contribution < 1.29 is 13.8 Å². The fraction of sp³-hybridized carbons (Fsp3) is 0.833. The second-order valence-electron chi connectivity index (χ2n) is 5.33. The van der Waals surface area contributed by atoms with Crippen LogP contribution in [0, 0.1) is 5.92 Å². The van der Waals surface area contributed by atoms with E-state index < -0.39 is 16.8 Å². The van der Waals surface area contributed by atoms with E-state index in [0.29, 0.717) is 11.7 Å². The first-order chi connectivity index (χ1) is 8.41. The van der Waals surface area contributed by atoms with Crippen molar-refractivity contribution in [3.63, 3.8) is 0 Å². The first kappa shape index (κ1) is 13.5. The lowest BCUT2D eigenvalue weighted by Crippen LogP contribution is -2.65. The molecule has 2 rings (SSSR count). The Bertz CT molecular complexity index is 395. The van der Waals surface area contributed by atoms with Crippen LogP contribution in [0.3, 0.4) is 0 Å². The zero-order chi connectivity index (χ0) is 13.4. The summed E-state index contributed by atoms with van der Waals surface area (Å²) in [7, 11) is -0.970. The Morgan fingerprint density at radius 1 is 1.44 bits per heavy atom. The highest BCUT2D eigenvalue weighted by Gasteiger charge is 2.46. The lowest BCUT2D eigenvalue weighted by molar-refractivity contribution is -0.151. The first-order valence-electron chi connectivity index (χ1n) is 6.34. The van der Waals surface area contributed by atoms with Crippen LogP contribution in [0.15, 0.2) is 0 Å². The Morgan fingerprint density at radius 3 is 2.56 bits per heavy atom. The molecule has 0 aromatic carbocycles. The van der Waals surface area contributed by atoms with E-state index in [2.05, 4.69) is 5.32 Å². The minimum Gasteiger partial charge on any atom is -0.342 e. The van der Waals surface area contributed by atoms with Crippen LogP contribution in [0.5, 0.6) is 0 Å². The van der Waals surface area contributed by atoms with Crippen LogP contribution >= 0.6 is 0 Å². The third-order valence-electron chi connectivity index (χ3n) is 3.66. The van der Waals surface area contributed by atoms with Crippen LogP contribution < -0.4 is 5.32 Å². The molecule has 2 fully saturated rings. The topological polar surface area (TPSA) is 66.5 Å². The minimum atomic E-state index is -0.970. The van der Waals surface area contributed by atoms with E-state index in [-0.39, 0.29) is 23.9 Å². The van der Waals surface area contributed by atoms with Gasteiger partial charge in [0.15, 0.2) is 0 Å². The maximum atomic E-state index is 12.4. The summed E-state index contributed by atoms with van der Waals surface area (Å²) >= 11 is 0. The maximum Gasteiger partial charge on any atom is 0.246 e. The molecule has 4 atom stereocenters. The molecule has 1 heterocycles. The van der Waals surface area contributed by atoms with Gasteiger partial charge in [-0.15, -0.1) is 0 Å². The summed E-state index contributed by atoms with van der Waals surface area (Å²) in [5.41, 5.74) is 0. The molecule has 2 amide bonds. The fourth-order valence-corrected chi connectivity index (χ4v) is 3.42. The summed E-state index contributed by atoms with van der Waals surface area (Å²) in [4.78, 5) is 25.9. The number of nitrogens with zero attached hydrogens (tertiary/aromatic N) is 1. The monoisotopic (exact) mass is 272 g/mol. The van der Waals surface area contributed by atoms with Gasteiger partial charge in [0.05, 0.1) is 0 Å². The molecule has 1 saturated heterocycles. The normalized spacial score (nSPS) is 32.1. The van der Waals surface area contributed by atoms with E-state index in [1.807, 2.05) is 6.92 Å². The van der Waals surface area contributed by atoms with Gasteiger partial charge in [0.25, 0.3) is 0 Å². The Labute approximate surface area is 110 Å². The smallest absolute Gasteiger partial charge is 0.246 e. The van der Waals surface area contributed by atoms with E-state index in [9.17, 15) is 13.8 Å². The number of hydrogen-bond donors (Lipinski definition) is 1. The summed E-state index contributed by atoms with van der Waals surface area (Å²) in [5.74, 6) is 0.611. The average molecular weight is 272 g/mol. The zero-order valence-corrected chi connectivity index (χ0v) is 11.8. The summed E-state index contributed by atoms with van der Waals surface area (Å²) < 4.78 is 11.3. The Morgan fingerprint density at radius 2 is 2.06 bits per heavy atom. The number of carbonyl (C=O) groups is 2. The molecule has 0 bridgehead atoms. The predicted molar refractivity (Wildman–Crippen MR) is 69.4 cm³/mol. The summed E-state index contributed by atoms with van der Waals surface area (Å²) in [6.45, 7) is 3.59. The number of rotatable bonds is 4. The van der Waals surface area contributed by atoms with Gasteiger partial charge < -0.3 is 10.2 Å². The van der Waals surface area contributed by atoms with E-state index >= 15 is 0 Å². The van der Waals surface area contributed by atoms with Gasteiger partial charge in [-0.25, -0.2) is 0 Å². The van der Waals surface area contributed by atoms with Crippen molar-refractivity contribution in [2.24, 2.45) is 5.92 Å². The second-order valence-corrected chi connectivity index (χ2v) is 6.81. The van der Waals surface area contributed by atoms with Gasteiger partial charge in [-0.05, 0) is 32.6 Å². The van der Waals surface area contributed by atoms with Crippen LogP contribution in [-0.4, -0.2) is 51.1 Å². The molecular weight excluding hydrogens is 252 g/mol. The highest BCUT2D eigenvalue weighted by Crippen LogP contribution is 2.35. The van der Waals surface area contributed by atoms with Crippen LogP contribution in [0.25, 0.3) is 0 Å². The predicted octanol–water partition coefficient (Wildman–Crippen LogP) is -0.121. The van der Waals surface area contributed by atoms with Gasteiger partial charge in [-0.3, -0.25) is 13.8 Å². The molecule has 5 nitrogen and oxygen atoms in total. The van der Waals surface area contributed by atoms with Gasteiger partial charge in [0.2, 0.25) is 11.8 Å². The molecule has 0 aromatic heterocycles. The van der Waals surface area contributed by atoms with Crippen molar-refractivity contribution in [3.8, 4) is 0 Å². The quantitative estimate of drug-likeness (QED) is 0.776. The van der Waals surface area contributed by atoms with E-state index in [0.717, 1.165) is 12.8 Å². The summed E-state index contributed by atoms with van der Waals surface area (Å²) in [6, 6.07) is -0.988. The second kappa shape index (κ2) is 4.99. The molecule has 1 N–H and O–H groups in total. The molecule has 18 heavy (non-hydrogen) atoms. The average Bonchev–Trinajstić information content (AvgIpc) is 3.06. The molecule has 6 heteroatoms. The molecule has 102 valence electrons. The lowest BCUT2D eigenvalue weighted by atomic mass is 10.0. The van der Waals surface area contributed by atoms with Crippen molar-refractivity contribution in [1.29, 1.82) is 0 Å². The van der Waals surface area contributed by atoms with Crippen LogP contribution in [-0.2, 0) is 20.4 Å². The van der Waals surface area contributed by atoms with Gasteiger partial charge in [0.1, 0.15) is 12.1 Å². The molecule has 2 aliphatic rings. The Hall–Kier alpha value is -0.910. The summed E-state index contributed by atoms with van der Waals surface area (Å²) in [6.07, 6.45) is 3.63. The molecule has 0 radical (unpaired) electrons. The third-order valence-corrected chi connectivity index (χ3v) is 4.61. The van der Waals surface area contributed by atoms with Gasteiger partial charge in [0, 0.05) is 28.9 Å². The molecule has 0 spiro atoms. The molecular formula is C12H20N2O3S. The molecule has 1 aliphatic heterocycles. The van der Waals surface area contributed by atoms with Crippen LogP contribution in [0.2, 0.25) is 0 Å². The number of piperazine rings is 1. The van der Waals surface area contributed by atoms with Gasteiger partial charge >= 0.3 is 0 Å². The standard InChI is InChI=1S/C12H20N2O3S/c1-7(6-18(3)17)14-8(2)11(15)13-10(12(14)16)9-4-5-9/h7-10H,4-6H2,1-3H3,(H,13,15). The largest absolute Gasteiger partial charge is 0.342 e. The molecule has 0 aromatic rings. The highest BCUT2D eigenvalue weighted by molar-refractivity contribution is 7.84. The number of amides is 2. The molecule has 1 saturated carbocycles. The van der Waals surface area contributed by atoms with Crippen LogP contribution in [0.4, 0.5) is 0 Å². The SMILES string of the molecule is CC(CS(C)=O)N1C(=O)C(C2CC2)NC(=O)C1C. The Balaban J connectivity index is 2.15. The lowest BCUT2D eigenvalue weighted by Gasteiger charge is -2.41. The fourth-order valence-electron chi connectivity index (χ4n) is 2.58. The maximum absolute atomic E-state index is 12.4. The zero-order valence-electron chi connectivity index (χ0n) is 11.0. The van der Waals surface area contributed by atoms with E-state index in [1.165, 1.54) is 0 Å². The van der Waals surface area contributed by atoms with Crippen LogP contribution in [0.1, 0.15) is 26.7 Å². The van der Waals surface area contributed by atoms with Crippen molar-refractivity contribution >= 4 is 22.6 Å². The number of nitrogens with one attached hydrogen (secondary N) is 1. The van der Waals surface area contributed by atoms with Crippen molar-refractivity contribution in [2.75, 3.05) is 12.0 Å². The van der Waals surface area contributed by atoms with Gasteiger partial charge in [-0.1, -0.05) is 0 Å². The molecule has 4 unspecified atom stereocenters. The Kier molecular flexibility index (Phi) is 3.75. The van der Waals surface area contributed by atoms with E-state index in [1.54, 1.807) is 18.1 Å². The number of hydrogen-bond acceptors (Lipinski definition) is 3. The van der Waals surface area contributed by atoms with Crippen molar-refractivity contribution in [2.45, 2.75) is 44.8 Å². The molecule has 1 aliphatic carbocycles. The first-order valence-corrected chi connectivity index (χ1v) is 8.07. The highest BCUT2D eigenvalue weighted by atomic mass is 32.2. The van der Waals surface area contributed by atoms with Gasteiger partial charge in [-0.2, -0.15) is 0 Å².